The van der Waals surface area contributed by atoms with Gasteiger partial charge in [-0.15, -0.1) is 0 Å². The van der Waals surface area contributed by atoms with Crippen molar-refractivity contribution in [2.75, 3.05) is 20.2 Å². The lowest BCUT2D eigenvalue weighted by molar-refractivity contribution is -0.247. The average Bonchev–Trinajstić information content (AvgIpc) is 3.22. The van der Waals surface area contributed by atoms with Crippen LogP contribution in [0.5, 0.6) is 17.2 Å². The number of rotatable bonds is 21. The summed E-state index contributed by atoms with van der Waals surface area (Å²) in [5.41, 5.74) is 8.78. The molecule has 60 heavy (non-hydrogen) atoms. The molecule has 14 heteroatoms. The van der Waals surface area contributed by atoms with Crippen LogP contribution >= 0.6 is 0 Å². The fourth-order valence-electron chi connectivity index (χ4n) is 8.29. The molecule has 0 bridgehead atoms. The Bertz CT molecular complexity index is 1920. The van der Waals surface area contributed by atoms with Gasteiger partial charge in [0, 0.05) is 48.5 Å². The number of Topliss-reactive ketones (excluding diaryl/α,β-unsaturated/α-hetero) is 1. The van der Waals surface area contributed by atoms with Crippen LogP contribution in [0.2, 0.25) is 0 Å². The lowest BCUT2D eigenvalue weighted by atomic mass is 9.71. The molecule has 14 nitrogen and oxygen atoms in total. The predicted octanol–water partition coefficient (Wildman–Crippen LogP) is 5.73. The summed E-state index contributed by atoms with van der Waals surface area (Å²) in [5, 5.41) is 49.0. The van der Waals surface area contributed by atoms with Crippen LogP contribution in [0.15, 0.2) is 47.5 Å². The Balaban J connectivity index is 1.21. The molecule has 5 rings (SSSR count). The third-order valence-electron chi connectivity index (χ3n) is 11.7. The summed E-state index contributed by atoms with van der Waals surface area (Å²) in [4.78, 5) is 45.9. The summed E-state index contributed by atoms with van der Waals surface area (Å²) in [5.74, 6) is -3.44. The quantitative estimate of drug-likeness (QED) is 0.0224. The highest BCUT2D eigenvalue weighted by molar-refractivity contribution is 6.31. The Morgan fingerprint density at radius 1 is 0.967 bits per heavy atom. The van der Waals surface area contributed by atoms with Gasteiger partial charge in [0.1, 0.15) is 29.4 Å². The van der Waals surface area contributed by atoms with Crippen molar-refractivity contribution in [2.24, 2.45) is 16.5 Å². The third-order valence-corrected chi connectivity index (χ3v) is 11.7. The number of methoxy groups -OCH3 is 1. The normalized spacial score (nSPS) is 24.1. The second-order valence-electron chi connectivity index (χ2n) is 16.2. The number of phenols is 2. The highest BCUT2D eigenvalue weighted by atomic mass is 16.7. The molecule has 6 atom stereocenters. The number of benzene rings is 2. The van der Waals surface area contributed by atoms with Crippen molar-refractivity contribution in [2.45, 2.75) is 146 Å². The van der Waals surface area contributed by atoms with Gasteiger partial charge in [-0.1, -0.05) is 81.9 Å². The number of carbonyl (C=O) groups is 3. The number of nitrogens with zero attached hydrogens (tertiary/aromatic N) is 1. The van der Waals surface area contributed by atoms with Crippen LogP contribution in [0.3, 0.4) is 0 Å². The number of phenolic OH excluding ortho intramolecular Hbond substituents is 2. The Hall–Kier alpha value is -4.60. The Morgan fingerprint density at radius 3 is 2.32 bits per heavy atom. The maximum atomic E-state index is 14.0. The van der Waals surface area contributed by atoms with Crippen molar-refractivity contribution in [3.05, 3.63) is 75.9 Å². The number of hydrogen-bond donors (Lipinski definition) is 7. The minimum absolute atomic E-state index is 0.0189. The van der Waals surface area contributed by atoms with Gasteiger partial charge < -0.3 is 51.4 Å². The molecule has 2 aromatic carbocycles. The van der Waals surface area contributed by atoms with E-state index in [0.717, 1.165) is 38.5 Å². The van der Waals surface area contributed by atoms with Crippen molar-refractivity contribution in [3.8, 4) is 17.2 Å². The van der Waals surface area contributed by atoms with Crippen molar-refractivity contribution < 1.29 is 49.0 Å². The first-order chi connectivity index (χ1) is 28.8. The molecule has 0 spiro atoms. The molecule has 1 saturated heterocycles. The third kappa shape index (κ3) is 11.0. The van der Waals surface area contributed by atoms with Crippen molar-refractivity contribution in [1.29, 1.82) is 0 Å². The first-order valence-corrected chi connectivity index (χ1v) is 21.5. The zero-order valence-corrected chi connectivity index (χ0v) is 35.3. The molecule has 1 fully saturated rings. The number of nitrogens with two attached hydrogens (primary N) is 2. The summed E-state index contributed by atoms with van der Waals surface area (Å²) in [7, 11) is 1.34. The number of guanidine groups is 1. The monoisotopic (exact) mass is 832 g/mol. The van der Waals surface area contributed by atoms with Crippen molar-refractivity contribution in [1.82, 2.24) is 5.32 Å². The van der Waals surface area contributed by atoms with Gasteiger partial charge in [-0.05, 0) is 51.5 Å². The number of carbonyl (C=O) groups excluding carboxylic acids is 3. The summed E-state index contributed by atoms with van der Waals surface area (Å²) in [6.45, 7) is 3.87. The SMILES string of the molecule is CCCCC/C=C\C/C=C\CCCCCCCCNC(N)=NCC(=O)[C@]1(O)Cc2c(O)c3c(c(O)c2[C@@H](O[C@H]2C[C@H](N)[C@H](O)[C@H](C)O2)C1)C(=O)c1c(OC)cccc1C3=O. The number of fused-ring (bicyclic) bond motifs is 3. The molecular weight excluding hydrogens is 769 g/mol. The Labute approximate surface area is 353 Å². The van der Waals surface area contributed by atoms with Crippen LogP contribution in [-0.4, -0.2) is 94.1 Å². The van der Waals surface area contributed by atoms with Gasteiger partial charge in [-0.25, -0.2) is 4.99 Å². The van der Waals surface area contributed by atoms with E-state index in [-0.39, 0.29) is 40.4 Å². The van der Waals surface area contributed by atoms with Crippen LogP contribution in [0, 0.1) is 0 Å². The molecule has 0 saturated carbocycles. The minimum atomic E-state index is -2.22. The van der Waals surface area contributed by atoms with E-state index in [0.29, 0.717) is 6.54 Å². The number of aliphatic hydroxyl groups is 2. The van der Waals surface area contributed by atoms with Gasteiger partial charge in [-0.2, -0.15) is 0 Å². The van der Waals surface area contributed by atoms with E-state index in [1.54, 1.807) is 6.92 Å². The summed E-state index contributed by atoms with van der Waals surface area (Å²) < 4.78 is 17.5. The second kappa shape index (κ2) is 21.8. The van der Waals surface area contributed by atoms with Crippen LogP contribution in [0.4, 0.5) is 0 Å². The fourth-order valence-corrected chi connectivity index (χ4v) is 8.29. The van der Waals surface area contributed by atoms with Gasteiger partial charge in [0.2, 0.25) is 5.78 Å². The number of allylic oxidation sites excluding steroid dienone is 4. The molecule has 2 aliphatic carbocycles. The minimum Gasteiger partial charge on any atom is -0.507 e. The van der Waals surface area contributed by atoms with E-state index in [4.69, 9.17) is 25.7 Å². The maximum absolute atomic E-state index is 14.0. The van der Waals surface area contributed by atoms with Gasteiger partial charge in [0.25, 0.3) is 0 Å². The second-order valence-corrected chi connectivity index (χ2v) is 16.2. The lowest BCUT2D eigenvalue weighted by Crippen LogP contribution is -2.53. The highest BCUT2D eigenvalue weighted by Crippen LogP contribution is 2.52. The Kier molecular flexibility index (Phi) is 16.9. The van der Waals surface area contributed by atoms with Gasteiger partial charge in [0.15, 0.2) is 23.8 Å². The van der Waals surface area contributed by atoms with Crippen LogP contribution in [0.25, 0.3) is 0 Å². The van der Waals surface area contributed by atoms with E-state index in [1.807, 2.05) is 0 Å². The van der Waals surface area contributed by atoms with E-state index in [1.165, 1.54) is 63.8 Å². The number of nitrogens with one attached hydrogen (secondary N) is 1. The van der Waals surface area contributed by atoms with Crippen LogP contribution in [0.1, 0.15) is 153 Å². The lowest BCUT2D eigenvalue weighted by Gasteiger charge is -2.42. The molecule has 1 aliphatic heterocycles. The van der Waals surface area contributed by atoms with Crippen LogP contribution in [-0.2, 0) is 20.7 Å². The number of ketones is 3. The molecular formula is C46H64N4O10. The summed E-state index contributed by atoms with van der Waals surface area (Å²) >= 11 is 0. The zero-order chi connectivity index (χ0) is 43.4. The van der Waals surface area contributed by atoms with E-state index in [9.17, 15) is 34.8 Å². The molecule has 2 aromatic rings. The first kappa shape index (κ1) is 46.5. The van der Waals surface area contributed by atoms with Crippen molar-refractivity contribution in [3.63, 3.8) is 0 Å². The molecule has 0 unspecified atom stereocenters. The topological polar surface area (TPSA) is 236 Å². The number of aromatic hydroxyl groups is 2. The fraction of sp³-hybridized carbons (Fsp3) is 0.565. The van der Waals surface area contributed by atoms with Gasteiger partial charge >= 0.3 is 0 Å². The number of unbranched alkanes of at least 4 members (excludes halogenated alkanes) is 9. The highest BCUT2D eigenvalue weighted by Gasteiger charge is 2.50. The number of aliphatic imine (C=N–C) groups is 1. The largest absolute Gasteiger partial charge is 0.507 e. The predicted molar refractivity (Wildman–Crippen MR) is 229 cm³/mol. The first-order valence-electron chi connectivity index (χ1n) is 21.5. The number of ether oxygens (including phenoxy) is 3. The number of hydrogen-bond acceptors (Lipinski definition) is 12. The van der Waals surface area contributed by atoms with E-state index in [2.05, 4.69) is 41.5 Å². The molecule has 3 aliphatic rings. The zero-order valence-electron chi connectivity index (χ0n) is 35.3. The smallest absolute Gasteiger partial charge is 0.202 e. The van der Waals surface area contributed by atoms with Gasteiger partial charge in [0.05, 0.1) is 42.1 Å². The maximum Gasteiger partial charge on any atom is 0.202 e. The molecule has 0 amide bonds. The molecule has 328 valence electrons. The molecule has 0 aromatic heterocycles. The van der Waals surface area contributed by atoms with Crippen molar-refractivity contribution >= 4 is 23.3 Å². The molecule has 1 heterocycles. The molecule has 9 N–H and O–H groups in total. The number of aliphatic hydroxyl groups excluding tert-OH is 1. The summed E-state index contributed by atoms with van der Waals surface area (Å²) in [6.07, 6.45) is 17.5. The van der Waals surface area contributed by atoms with E-state index >= 15 is 0 Å². The average molecular weight is 833 g/mol. The summed E-state index contributed by atoms with van der Waals surface area (Å²) in [6, 6.07) is 3.70. The van der Waals surface area contributed by atoms with Crippen LogP contribution < -0.4 is 21.5 Å². The Morgan fingerprint density at radius 2 is 1.63 bits per heavy atom. The van der Waals surface area contributed by atoms with Gasteiger partial charge in [-0.3, -0.25) is 14.4 Å². The molecule has 0 radical (unpaired) electrons. The van der Waals surface area contributed by atoms with E-state index < -0.39 is 95.6 Å². The standard InChI is InChI=1S/C46H64N4O10/c1-4-5-6-7-8-9-10-11-12-13-14-15-16-17-18-19-23-49-45(48)50-27-34(51)46(57)25-30-37(33(26-46)60-35-24-31(47)40(52)28(2)59-35)44(56)39-38(42(30)54)41(53)29-21-20-22-32(58-3)36(29)43(39)55/h8-9,11-12,20-22,28,31,33,35,40,52,54,56-57H,4-7,10,13-19,23-27,47H2,1-3H3,(H3,48,49,50)/b9-8-,12-11-/t28-,31-,33-,35-,40+,46-/m0/s1.